The van der Waals surface area contributed by atoms with E-state index in [9.17, 15) is 4.79 Å². The number of anilines is 1. The molecule has 0 aliphatic carbocycles. The number of benzene rings is 1. The average molecular weight is 365 g/mol. The minimum absolute atomic E-state index is 0.0257. The molecule has 108 valence electrons. The van der Waals surface area contributed by atoms with Crippen molar-refractivity contribution in [2.24, 2.45) is 0 Å². The van der Waals surface area contributed by atoms with Crippen LogP contribution in [0.5, 0.6) is 0 Å². The molecule has 0 bridgehead atoms. The number of carbonyl (C=O) groups excluding carboxylic acids is 1. The van der Waals surface area contributed by atoms with Gasteiger partial charge < -0.3 is 15.1 Å². The van der Waals surface area contributed by atoms with E-state index < -0.39 is 0 Å². The summed E-state index contributed by atoms with van der Waals surface area (Å²) in [4.78, 5) is 14.8. The van der Waals surface area contributed by atoms with Crippen LogP contribution in [-0.4, -0.2) is 17.9 Å². The molecule has 2 heterocycles. The highest BCUT2D eigenvalue weighted by Gasteiger charge is 2.16. The van der Waals surface area contributed by atoms with Gasteiger partial charge >= 0.3 is 0 Å². The monoisotopic (exact) mass is 364 g/mol. The minimum Gasteiger partial charge on any atom is -0.452 e. The Morgan fingerprint density at radius 2 is 2.14 bits per heavy atom. The van der Waals surface area contributed by atoms with Gasteiger partial charge in [0.1, 0.15) is 5.76 Å². The Bertz CT molecular complexity index is 809. The van der Waals surface area contributed by atoms with Crippen molar-refractivity contribution >= 4 is 48.9 Å². The number of furan rings is 1. The summed E-state index contributed by atoms with van der Waals surface area (Å²) in [5.74, 6) is 0.713. The van der Waals surface area contributed by atoms with Crippen LogP contribution in [-0.2, 0) is 6.54 Å². The van der Waals surface area contributed by atoms with Crippen LogP contribution in [0.1, 0.15) is 15.4 Å². The van der Waals surface area contributed by atoms with Gasteiger partial charge in [-0.3, -0.25) is 4.79 Å². The van der Waals surface area contributed by atoms with Gasteiger partial charge in [0.05, 0.1) is 11.4 Å². The Kier molecular flexibility index (Phi) is 3.73. The van der Waals surface area contributed by atoms with Gasteiger partial charge in [0.15, 0.2) is 4.67 Å². The number of rotatable bonds is 3. The lowest BCUT2D eigenvalue weighted by molar-refractivity contribution is 0.0780. The van der Waals surface area contributed by atoms with E-state index in [1.165, 1.54) is 11.3 Å². The zero-order valence-corrected chi connectivity index (χ0v) is 13.7. The van der Waals surface area contributed by atoms with Crippen LogP contribution in [0.4, 0.5) is 5.69 Å². The quantitative estimate of drug-likeness (QED) is 0.711. The molecule has 0 atom stereocenters. The first-order chi connectivity index (χ1) is 10.0. The summed E-state index contributed by atoms with van der Waals surface area (Å²) in [6.45, 7) is 0.431. The van der Waals surface area contributed by atoms with Crippen molar-refractivity contribution in [3.63, 3.8) is 0 Å². The average Bonchev–Trinajstić information content (AvgIpc) is 3.03. The molecule has 1 amide bonds. The molecule has 3 aromatic rings. The lowest BCUT2D eigenvalue weighted by Crippen LogP contribution is -2.25. The summed E-state index contributed by atoms with van der Waals surface area (Å²) in [7, 11) is 1.76. The Balaban J connectivity index is 1.82. The number of hydrogen-bond donors (Lipinski definition) is 1. The van der Waals surface area contributed by atoms with E-state index in [0.29, 0.717) is 21.8 Å². The third-order valence-corrected chi connectivity index (χ3v) is 4.65. The van der Waals surface area contributed by atoms with E-state index >= 15 is 0 Å². The number of thiophene rings is 1. The van der Waals surface area contributed by atoms with Gasteiger partial charge in [-0.05, 0) is 57.7 Å². The van der Waals surface area contributed by atoms with E-state index in [4.69, 9.17) is 10.2 Å². The molecule has 0 unspecified atom stereocenters. The van der Waals surface area contributed by atoms with Crippen LogP contribution >= 0.6 is 27.3 Å². The smallest absolute Gasteiger partial charge is 0.264 e. The summed E-state index contributed by atoms with van der Waals surface area (Å²) in [6, 6.07) is 11.2. The van der Waals surface area contributed by atoms with Crippen LogP contribution in [0.3, 0.4) is 0 Å². The molecule has 0 fully saturated rings. The highest BCUT2D eigenvalue weighted by atomic mass is 79.9. The van der Waals surface area contributed by atoms with E-state index in [1.807, 2.05) is 36.4 Å². The first-order valence-corrected chi connectivity index (χ1v) is 7.92. The molecule has 2 N–H and O–H groups in total. The van der Waals surface area contributed by atoms with E-state index in [0.717, 1.165) is 15.8 Å². The Hall–Kier alpha value is -1.79. The predicted octanol–water partition coefficient (Wildman–Crippen LogP) is 4.11. The van der Waals surface area contributed by atoms with Gasteiger partial charge in [-0.2, -0.15) is 0 Å². The Morgan fingerprint density at radius 1 is 1.33 bits per heavy atom. The van der Waals surface area contributed by atoms with Gasteiger partial charge in [0, 0.05) is 17.4 Å². The molecule has 0 aliphatic heterocycles. The summed E-state index contributed by atoms with van der Waals surface area (Å²) >= 11 is 4.73. The maximum Gasteiger partial charge on any atom is 0.264 e. The molecule has 0 saturated heterocycles. The molecule has 0 radical (unpaired) electrons. The van der Waals surface area contributed by atoms with Crippen molar-refractivity contribution in [2.75, 3.05) is 12.8 Å². The molecule has 1 aromatic carbocycles. The molecular weight excluding hydrogens is 352 g/mol. The minimum atomic E-state index is -0.0257. The number of amides is 1. The van der Waals surface area contributed by atoms with Crippen molar-refractivity contribution in [2.45, 2.75) is 6.54 Å². The standard InChI is InChI=1S/C15H13BrN2O2S/c1-18(8-11-3-5-14(16)20-11)15(19)13-7-9-6-10(17)2-4-12(9)21-13/h2-7H,8,17H2,1H3. The number of nitrogens with two attached hydrogens (primary N) is 1. The molecular formula is C15H13BrN2O2S. The second-order valence-electron chi connectivity index (χ2n) is 4.77. The normalized spacial score (nSPS) is 11.0. The zero-order valence-electron chi connectivity index (χ0n) is 11.3. The Labute approximate surface area is 134 Å². The number of carbonyl (C=O) groups is 1. The predicted molar refractivity (Wildman–Crippen MR) is 88.4 cm³/mol. The van der Waals surface area contributed by atoms with Crippen molar-refractivity contribution in [3.05, 3.63) is 51.7 Å². The largest absolute Gasteiger partial charge is 0.452 e. The molecule has 0 saturated carbocycles. The van der Waals surface area contributed by atoms with Gasteiger partial charge in [0.2, 0.25) is 0 Å². The van der Waals surface area contributed by atoms with Crippen LogP contribution < -0.4 is 5.73 Å². The maximum absolute atomic E-state index is 12.5. The van der Waals surface area contributed by atoms with Gasteiger partial charge in [-0.15, -0.1) is 11.3 Å². The first-order valence-electron chi connectivity index (χ1n) is 6.31. The third-order valence-electron chi connectivity index (χ3n) is 3.12. The molecule has 6 heteroatoms. The van der Waals surface area contributed by atoms with Gasteiger partial charge in [-0.25, -0.2) is 0 Å². The van der Waals surface area contributed by atoms with E-state index in [1.54, 1.807) is 11.9 Å². The first kappa shape index (κ1) is 14.2. The fraction of sp³-hybridized carbons (Fsp3) is 0.133. The lowest BCUT2D eigenvalue weighted by atomic mass is 10.2. The van der Waals surface area contributed by atoms with Crippen LogP contribution in [0, 0.1) is 0 Å². The summed E-state index contributed by atoms with van der Waals surface area (Å²) in [5.41, 5.74) is 6.47. The molecule has 0 aliphatic rings. The number of hydrogen-bond acceptors (Lipinski definition) is 4. The Morgan fingerprint density at radius 3 is 2.86 bits per heavy atom. The number of nitrogens with zero attached hydrogens (tertiary/aromatic N) is 1. The topological polar surface area (TPSA) is 59.5 Å². The fourth-order valence-corrected chi connectivity index (χ4v) is 3.48. The van der Waals surface area contributed by atoms with Crippen molar-refractivity contribution in [1.82, 2.24) is 4.90 Å². The number of fused-ring (bicyclic) bond motifs is 1. The van der Waals surface area contributed by atoms with Crippen LogP contribution in [0.15, 0.2) is 45.5 Å². The summed E-state index contributed by atoms with van der Waals surface area (Å²) in [6.07, 6.45) is 0. The lowest BCUT2D eigenvalue weighted by Gasteiger charge is -2.14. The second-order valence-corrected chi connectivity index (χ2v) is 6.64. The van der Waals surface area contributed by atoms with E-state index in [2.05, 4.69) is 15.9 Å². The molecule has 4 nitrogen and oxygen atoms in total. The van der Waals surface area contributed by atoms with Gasteiger partial charge in [0.25, 0.3) is 5.91 Å². The van der Waals surface area contributed by atoms with Crippen molar-refractivity contribution < 1.29 is 9.21 Å². The highest BCUT2D eigenvalue weighted by Crippen LogP contribution is 2.28. The summed E-state index contributed by atoms with van der Waals surface area (Å²) in [5, 5.41) is 0.998. The molecule has 2 aromatic heterocycles. The molecule has 21 heavy (non-hydrogen) atoms. The second kappa shape index (κ2) is 5.54. The maximum atomic E-state index is 12.5. The third kappa shape index (κ3) is 2.96. The van der Waals surface area contributed by atoms with E-state index in [-0.39, 0.29) is 5.91 Å². The highest BCUT2D eigenvalue weighted by molar-refractivity contribution is 9.10. The van der Waals surface area contributed by atoms with Gasteiger partial charge in [-0.1, -0.05) is 0 Å². The van der Waals surface area contributed by atoms with Crippen LogP contribution in [0.2, 0.25) is 0 Å². The number of nitrogen functional groups attached to an aromatic ring is 1. The van der Waals surface area contributed by atoms with Crippen molar-refractivity contribution in [3.8, 4) is 0 Å². The van der Waals surface area contributed by atoms with Crippen LogP contribution in [0.25, 0.3) is 10.1 Å². The summed E-state index contributed by atoms with van der Waals surface area (Å²) < 4.78 is 7.14. The zero-order chi connectivity index (χ0) is 15.0. The fourth-order valence-electron chi connectivity index (χ4n) is 2.10. The number of halogens is 1. The SMILES string of the molecule is CN(Cc1ccc(Br)o1)C(=O)c1cc2cc(N)ccc2s1. The molecule has 3 rings (SSSR count). The molecule has 0 spiro atoms. The van der Waals surface area contributed by atoms with Crippen molar-refractivity contribution in [1.29, 1.82) is 0 Å².